The van der Waals surface area contributed by atoms with Gasteiger partial charge in [-0.25, -0.2) is 0 Å². The lowest BCUT2D eigenvalue weighted by Crippen LogP contribution is -2.37. The van der Waals surface area contributed by atoms with Gasteiger partial charge < -0.3 is 10.3 Å². The number of carbonyl (C=O) groups excluding carboxylic acids is 1. The first-order valence-electron chi connectivity index (χ1n) is 10.1. The fraction of sp³-hybridized carbons (Fsp3) is 0.160. The van der Waals surface area contributed by atoms with Crippen LogP contribution < -0.4 is 10.2 Å². The quantitative estimate of drug-likeness (QED) is 0.525. The molecule has 4 nitrogen and oxygen atoms in total. The molecule has 3 heterocycles. The Labute approximate surface area is 169 Å². The van der Waals surface area contributed by atoms with Crippen molar-refractivity contribution in [1.29, 1.82) is 0 Å². The Morgan fingerprint density at radius 1 is 0.862 bits per heavy atom. The highest BCUT2D eigenvalue weighted by Gasteiger charge is 2.44. The first-order valence-corrected chi connectivity index (χ1v) is 10.1. The van der Waals surface area contributed by atoms with E-state index in [1.54, 1.807) is 0 Å². The summed E-state index contributed by atoms with van der Waals surface area (Å²) in [6, 6.07) is 26.5. The van der Waals surface area contributed by atoms with E-state index in [0.29, 0.717) is 0 Å². The van der Waals surface area contributed by atoms with E-state index in [-0.39, 0.29) is 17.9 Å². The van der Waals surface area contributed by atoms with Crippen LogP contribution in [0.4, 0.5) is 11.4 Å². The normalized spacial score (nSPS) is 20.7. The Kier molecular flexibility index (Phi) is 3.61. The zero-order chi connectivity index (χ0) is 19.4. The van der Waals surface area contributed by atoms with E-state index in [4.69, 9.17) is 0 Å². The zero-order valence-electron chi connectivity index (χ0n) is 15.9. The van der Waals surface area contributed by atoms with Gasteiger partial charge >= 0.3 is 0 Å². The van der Waals surface area contributed by atoms with E-state index in [9.17, 15) is 4.79 Å². The molecule has 2 atom stereocenters. The summed E-state index contributed by atoms with van der Waals surface area (Å²) in [7, 11) is 0. The molecule has 2 N–H and O–H groups in total. The molecular formula is C25H21N3O. The van der Waals surface area contributed by atoms with Gasteiger partial charge in [0.1, 0.15) is 0 Å². The maximum Gasteiger partial charge on any atom is 0.241 e. The lowest BCUT2D eigenvalue weighted by Gasteiger charge is -2.29. The van der Waals surface area contributed by atoms with Crippen LogP contribution in [0.25, 0.3) is 10.9 Å². The van der Waals surface area contributed by atoms with Crippen LogP contribution in [0.2, 0.25) is 0 Å². The number of fused-ring (bicyclic) bond motifs is 4. The minimum atomic E-state index is -0.251. The van der Waals surface area contributed by atoms with Gasteiger partial charge in [0.15, 0.2) is 0 Å². The summed E-state index contributed by atoms with van der Waals surface area (Å²) >= 11 is 0. The molecule has 0 saturated carbocycles. The van der Waals surface area contributed by atoms with Crippen molar-refractivity contribution in [2.24, 2.45) is 0 Å². The van der Waals surface area contributed by atoms with Crippen LogP contribution in [0.15, 0.2) is 78.9 Å². The summed E-state index contributed by atoms with van der Waals surface area (Å²) in [6.45, 7) is 0.872. The van der Waals surface area contributed by atoms with Crippen molar-refractivity contribution in [3.63, 3.8) is 0 Å². The average molecular weight is 379 g/mol. The third-order valence-electron chi connectivity index (χ3n) is 6.24. The van der Waals surface area contributed by atoms with Crippen molar-refractivity contribution in [1.82, 2.24) is 10.3 Å². The van der Waals surface area contributed by atoms with Crippen molar-refractivity contribution in [2.75, 3.05) is 11.4 Å². The number of nitrogens with zero attached hydrogens (tertiary/aromatic N) is 1. The van der Waals surface area contributed by atoms with Gasteiger partial charge in [0.2, 0.25) is 5.91 Å². The number of nitrogens with one attached hydrogen (secondary N) is 2. The van der Waals surface area contributed by atoms with Gasteiger partial charge in [-0.3, -0.25) is 9.69 Å². The van der Waals surface area contributed by atoms with Crippen molar-refractivity contribution < 1.29 is 4.79 Å². The highest BCUT2D eigenvalue weighted by molar-refractivity contribution is 6.10. The molecule has 0 spiro atoms. The molecule has 4 aromatic rings. The number of aromatic nitrogens is 1. The van der Waals surface area contributed by atoms with Crippen LogP contribution in [0.5, 0.6) is 0 Å². The molecule has 1 aromatic heterocycles. The number of H-pyrrole nitrogens is 1. The predicted molar refractivity (Wildman–Crippen MR) is 116 cm³/mol. The molecule has 3 aromatic carbocycles. The maximum absolute atomic E-state index is 13.8. The lowest BCUT2D eigenvalue weighted by atomic mass is 9.86. The Morgan fingerprint density at radius 3 is 2.52 bits per heavy atom. The van der Waals surface area contributed by atoms with Crippen LogP contribution in [0.3, 0.4) is 0 Å². The second-order valence-corrected chi connectivity index (χ2v) is 7.79. The van der Waals surface area contributed by atoms with E-state index < -0.39 is 0 Å². The third kappa shape index (κ3) is 2.39. The van der Waals surface area contributed by atoms with Gasteiger partial charge in [0, 0.05) is 22.3 Å². The Bertz CT molecular complexity index is 1230. The SMILES string of the molecule is O=C1[C@@H]([C@H]2NCCc3c2[nH]c2ccccc32)c2ccccc2N1c1ccccc1. The first-order chi connectivity index (χ1) is 14.3. The molecule has 1 amide bonds. The van der Waals surface area contributed by atoms with Gasteiger partial charge in [-0.2, -0.15) is 0 Å². The number of hydrogen-bond acceptors (Lipinski definition) is 2. The smallest absolute Gasteiger partial charge is 0.241 e. The topological polar surface area (TPSA) is 48.1 Å². The van der Waals surface area contributed by atoms with Crippen molar-refractivity contribution >= 4 is 28.2 Å². The number of amides is 1. The summed E-state index contributed by atoms with van der Waals surface area (Å²) in [5.41, 5.74) is 6.63. The molecule has 0 saturated heterocycles. The molecule has 0 fully saturated rings. The molecule has 2 aliphatic heterocycles. The monoisotopic (exact) mass is 379 g/mol. The van der Waals surface area contributed by atoms with Gasteiger partial charge in [-0.05, 0) is 48.4 Å². The summed E-state index contributed by atoms with van der Waals surface area (Å²) in [6.07, 6.45) is 0.973. The van der Waals surface area contributed by atoms with Crippen LogP contribution in [0.1, 0.15) is 28.8 Å². The highest BCUT2D eigenvalue weighted by Crippen LogP contribution is 2.48. The number of benzene rings is 3. The number of hydrogen-bond donors (Lipinski definition) is 2. The molecule has 0 bridgehead atoms. The fourth-order valence-corrected chi connectivity index (χ4v) is 5.01. The van der Waals surface area contributed by atoms with Crippen LogP contribution in [-0.4, -0.2) is 17.4 Å². The number of carbonyl (C=O) groups is 1. The van der Waals surface area contributed by atoms with Crippen LogP contribution in [-0.2, 0) is 11.2 Å². The summed E-state index contributed by atoms with van der Waals surface area (Å²) in [5, 5.41) is 4.91. The Balaban J connectivity index is 1.51. The Hall–Kier alpha value is -3.37. The second-order valence-electron chi connectivity index (χ2n) is 7.79. The summed E-state index contributed by atoms with van der Waals surface area (Å²) < 4.78 is 0. The maximum atomic E-state index is 13.8. The number of para-hydroxylation sites is 3. The highest BCUT2D eigenvalue weighted by atomic mass is 16.2. The lowest BCUT2D eigenvalue weighted by molar-refractivity contribution is -0.119. The second kappa shape index (κ2) is 6.33. The van der Waals surface area contributed by atoms with E-state index in [1.165, 1.54) is 10.9 Å². The predicted octanol–water partition coefficient (Wildman–Crippen LogP) is 4.82. The summed E-state index contributed by atoms with van der Waals surface area (Å²) in [5.74, 6) is -0.125. The molecule has 0 radical (unpaired) electrons. The van der Waals surface area contributed by atoms with E-state index in [2.05, 4.69) is 46.7 Å². The Morgan fingerprint density at radius 2 is 1.62 bits per heavy atom. The average Bonchev–Trinajstić information content (AvgIpc) is 3.29. The number of aromatic amines is 1. The molecular weight excluding hydrogens is 358 g/mol. The minimum Gasteiger partial charge on any atom is -0.357 e. The summed E-state index contributed by atoms with van der Waals surface area (Å²) in [4.78, 5) is 19.2. The van der Waals surface area contributed by atoms with Crippen LogP contribution in [0, 0.1) is 0 Å². The molecule has 4 heteroatoms. The standard InChI is InChI=1S/C25H21N3O/c29-25-22(19-11-5-7-13-21(19)28(25)16-8-2-1-3-9-16)24-23-18(14-15-26-24)17-10-4-6-12-20(17)27-23/h1-13,22,24,26-27H,14-15H2/t22-,24-/m1/s1. The van der Waals surface area contributed by atoms with Gasteiger partial charge in [0.25, 0.3) is 0 Å². The van der Waals surface area contributed by atoms with E-state index >= 15 is 0 Å². The third-order valence-corrected chi connectivity index (χ3v) is 6.24. The number of rotatable bonds is 2. The minimum absolute atomic E-state index is 0.0616. The largest absolute Gasteiger partial charge is 0.357 e. The zero-order valence-corrected chi connectivity index (χ0v) is 15.9. The van der Waals surface area contributed by atoms with Gasteiger partial charge in [0.05, 0.1) is 17.6 Å². The van der Waals surface area contributed by atoms with Crippen molar-refractivity contribution in [2.45, 2.75) is 18.4 Å². The van der Waals surface area contributed by atoms with Gasteiger partial charge in [-0.15, -0.1) is 0 Å². The number of anilines is 2. The molecule has 29 heavy (non-hydrogen) atoms. The first kappa shape index (κ1) is 16.6. The van der Waals surface area contributed by atoms with Crippen molar-refractivity contribution in [3.05, 3.63) is 95.7 Å². The fourth-order valence-electron chi connectivity index (χ4n) is 5.01. The molecule has 0 aliphatic carbocycles. The molecule has 6 rings (SSSR count). The van der Waals surface area contributed by atoms with E-state index in [1.807, 2.05) is 47.4 Å². The molecule has 142 valence electrons. The van der Waals surface area contributed by atoms with Crippen molar-refractivity contribution in [3.8, 4) is 0 Å². The van der Waals surface area contributed by atoms with Gasteiger partial charge in [-0.1, -0.05) is 54.6 Å². The molecule has 0 unspecified atom stereocenters. The van der Waals surface area contributed by atoms with E-state index in [0.717, 1.165) is 41.1 Å². The molecule has 2 aliphatic rings. The van der Waals surface area contributed by atoms with Crippen LogP contribution >= 0.6 is 0 Å².